The predicted octanol–water partition coefficient (Wildman–Crippen LogP) is 0.655. The first-order valence-corrected chi connectivity index (χ1v) is 6.64. The standard InChI is InChI=1S/C14H8ClN3O5/c15-7-3-1-2-5(14(22)23)10(7)18-8(19)4-6-9(11(18)16)13(21)17-12(6)20/h1-4H,16H2,(H,22,23)(H,17,20,21). The molecule has 0 saturated carbocycles. The molecular weight excluding hydrogens is 326 g/mol. The van der Waals surface area contributed by atoms with Gasteiger partial charge in [0.25, 0.3) is 17.4 Å². The maximum atomic E-state index is 12.3. The number of nitrogens with two attached hydrogens (primary N) is 1. The first kappa shape index (κ1) is 14.8. The quantitative estimate of drug-likeness (QED) is 0.691. The highest BCUT2D eigenvalue weighted by Gasteiger charge is 2.32. The molecule has 0 radical (unpaired) electrons. The highest BCUT2D eigenvalue weighted by Crippen LogP contribution is 2.29. The smallest absolute Gasteiger partial charge is 0.337 e. The van der Waals surface area contributed by atoms with Crippen molar-refractivity contribution in [3.05, 3.63) is 56.3 Å². The minimum Gasteiger partial charge on any atom is -0.478 e. The van der Waals surface area contributed by atoms with Gasteiger partial charge in [-0.1, -0.05) is 17.7 Å². The highest BCUT2D eigenvalue weighted by molar-refractivity contribution is 6.33. The molecule has 2 aromatic rings. The van der Waals surface area contributed by atoms with Crippen LogP contribution < -0.4 is 16.6 Å². The van der Waals surface area contributed by atoms with Gasteiger partial charge in [-0.25, -0.2) is 4.79 Å². The Bertz CT molecular complexity index is 964. The van der Waals surface area contributed by atoms with E-state index in [1.54, 1.807) is 0 Å². The monoisotopic (exact) mass is 333 g/mol. The highest BCUT2D eigenvalue weighted by atomic mass is 35.5. The molecule has 1 aliphatic heterocycles. The lowest BCUT2D eigenvalue weighted by Crippen LogP contribution is -2.26. The van der Waals surface area contributed by atoms with Crippen molar-refractivity contribution in [2.24, 2.45) is 0 Å². The van der Waals surface area contributed by atoms with Crippen molar-refractivity contribution in [3.63, 3.8) is 0 Å². The third-order valence-corrected chi connectivity index (χ3v) is 3.70. The summed E-state index contributed by atoms with van der Waals surface area (Å²) in [6.45, 7) is 0. The van der Waals surface area contributed by atoms with Gasteiger partial charge in [-0.15, -0.1) is 0 Å². The fraction of sp³-hybridized carbons (Fsp3) is 0. The molecule has 2 heterocycles. The van der Waals surface area contributed by atoms with Gasteiger partial charge in [0.05, 0.1) is 27.4 Å². The number of aromatic carboxylic acids is 1. The SMILES string of the molecule is Nc1c2c(cc(=O)n1-c1c(Cl)cccc1C(=O)O)C(=O)NC2=O. The van der Waals surface area contributed by atoms with Crippen LogP contribution in [0, 0.1) is 0 Å². The number of aromatic nitrogens is 1. The van der Waals surface area contributed by atoms with E-state index in [1.165, 1.54) is 18.2 Å². The van der Waals surface area contributed by atoms with E-state index in [-0.39, 0.29) is 33.2 Å². The number of nitrogens with zero attached hydrogens (tertiary/aromatic N) is 1. The molecule has 23 heavy (non-hydrogen) atoms. The molecule has 1 aromatic heterocycles. The molecule has 1 aromatic carbocycles. The number of halogens is 1. The maximum absolute atomic E-state index is 12.3. The maximum Gasteiger partial charge on any atom is 0.337 e. The molecule has 116 valence electrons. The molecule has 2 amide bonds. The normalized spacial score (nSPS) is 12.9. The molecule has 0 saturated heterocycles. The molecule has 8 nitrogen and oxygen atoms in total. The van der Waals surface area contributed by atoms with Crippen molar-refractivity contribution in [2.75, 3.05) is 5.73 Å². The van der Waals surface area contributed by atoms with Gasteiger partial charge in [0.1, 0.15) is 5.82 Å². The second kappa shape index (κ2) is 4.96. The fourth-order valence-corrected chi connectivity index (χ4v) is 2.68. The van der Waals surface area contributed by atoms with Gasteiger partial charge in [0.2, 0.25) is 0 Å². The number of para-hydroxylation sites is 1. The van der Waals surface area contributed by atoms with Crippen LogP contribution in [-0.2, 0) is 0 Å². The number of hydrogen-bond donors (Lipinski definition) is 3. The van der Waals surface area contributed by atoms with Crippen molar-refractivity contribution in [3.8, 4) is 5.69 Å². The summed E-state index contributed by atoms with van der Waals surface area (Å²) in [6.07, 6.45) is 0. The zero-order chi connectivity index (χ0) is 16.9. The Labute approximate surface area is 133 Å². The number of carbonyl (C=O) groups is 3. The Kier molecular flexibility index (Phi) is 3.19. The van der Waals surface area contributed by atoms with Gasteiger partial charge >= 0.3 is 5.97 Å². The van der Waals surface area contributed by atoms with Gasteiger partial charge < -0.3 is 10.8 Å². The number of pyridine rings is 1. The van der Waals surface area contributed by atoms with Crippen LogP contribution in [0.3, 0.4) is 0 Å². The van der Waals surface area contributed by atoms with Crippen LogP contribution in [0.4, 0.5) is 5.82 Å². The first-order chi connectivity index (χ1) is 10.8. The average Bonchev–Trinajstić information content (AvgIpc) is 2.74. The van der Waals surface area contributed by atoms with Gasteiger partial charge in [0.15, 0.2) is 0 Å². The first-order valence-electron chi connectivity index (χ1n) is 6.26. The van der Waals surface area contributed by atoms with Gasteiger partial charge in [0, 0.05) is 6.07 Å². The van der Waals surface area contributed by atoms with Gasteiger partial charge in [-0.05, 0) is 12.1 Å². The van der Waals surface area contributed by atoms with E-state index in [0.29, 0.717) is 0 Å². The third kappa shape index (κ3) is 2.08. The number of hydrogen-bond acceptors (Lipinski definition) is 5. The number of rotatable bonds is 2. The summed E-state index contributed by atoms with van der Waals surface area (Å²) in [5, 5.41) is 11.3. The summed E-state index contributed by atoms with van der Waals surface area (Å²) >= 11 is 6.02. The number of fused-ring (bicyclic) bond motifs is 1. The number of carboxylic acid groups (broad SMARTS) is 1. The summed E-state index contributed by atoms with van der Waals surface area (Å²) in [7, 11) is 0. The predicted molar refractivity (Wildman–Crippen MR) is 80.2 cm³/mol. The summed E-state index contributed by atoms with van der Waals surface area (Å²) < 4.78 is 0.808. The number of benzene rings is 1. The molecule has 4 N–H and O–H groups in total. The average molecular weight is 334 g/mol. The van der Waals surface area contributed by atoms with E-state index in [4.69, 9.17) is 17.3 Å². The number of carboxylic acids is 1. The van der Waals surface area contributed by atoms with Crippen molar-refractivity contribution >= 4 is 35.2 Å². The Morgan fingerprint density at radius 2 is 1.91 bits per heavy atom. The summed E-state index contributed by atoms with van der Waals surface area (Å²) in [5.41, 5.74) is 4.30. The Balaban J connectivity index is 2.43. The zero-order valence-corrected chi connectivity index (χ0v) is 12.0. The second-order valence-corrected chi connectivity index (χ2v) is 5.12. The lowest BCUT2D eigenvalue weighted by molar-refractivity contribution is 0.0696. The second-order valence-electron chi connectivity index (χ2n) is 4.72. The summed E-state index contributed by atoms with van der Waals surface area (Å²) in [6, 6.07) is 4.95. The van der Waals surface area contributed by atoms with E-state index >= 15 is 0 Å². The fourth-order valence-electron chi connectivity index (χ4n) is 2.43. The van der Waals surface area contributed by atoms with Gasteiger partial charge in [-0.2, -0.15) is 0 Å². The number of carbonyl (C=O) groups excluding carboxylic acids is 2. The molecule has 3 rings (SSSR count). The van der Waals surface area contributed by atoms with Crippen molar-refractivity contribution in [1.82, 2.24) is 9.88 Å². The number of nitrogen functional groups attached to an aromatic ring is 1. The summed E-state index contributed by atoms with van der Waals surface area (Å²) in [5.74, 6) is -3.18. The van der Waals surface area contributed by atoms with Crippen LogP contribution in [0.25, 0.3) is 5.69 Å². The number of nitrogens with one attached hydrogen (secondary N) is 1. The van der Waals surface area contributed by atoms with Crippen LogP contribution in [0.5, 0.6) is 0 Å². The number of anilines is 1. The molecule has 0 fully saturated rings. The van der Waals surface area contributed by atoms with E-state index in [0.717, 1.165) is 10.6 Å². The topological polar surface area (TPSA) is 131 Å². The van der Waals surface area contributed by atoms with Crippen LogP contribution in [0.15, 0.2) is 29.1 Å². The van der Waals surface area contributed by atoms with E-state index < -0.39 is 23.3 Å². The Hall–Kier alpha value is -3.13. The van der Waals surface area contributed by atoms with Crippen LogP contribution in [-0.4, -0.2) is 27.5 Å². The van der Waals surface area contributed by atoms with E-state index in [2.05, 4.69) is 0 Å². The molecule has 1 aliphatic rings. The third-order valence-electron chi connectivity index (χ3n) is 3.39. The van der Waals surface area contributed by atoms with Crippen LogP contribution in [0.2, 0.25) is 5.02 Å². The summed E-state index contributed by atoms with van der Waals surface area (Å²) in [4.78, 5) is 47.1. The van der Waals surface area contributed by atoms with E-state index in [9.17, 15) is 24.3 Å². The largest absolute Gasteiger partial charge is 0.478 e. The van der Waals surface area contributed by atoms with Crippen LogP contribution >= 0.6 is 11.6 Å². The van der Waals surface area contributed by atoms with E-state index in [1.807, 2.05) is 5.32 Å². The van der Waals surface area contributed by atoms with Crippen molar-refractivity contribution in [1.29, 1.82) is 0 Å². The molecule has 0 bridgehead atoms. The van der Waals surface area contributed by atoms with Gasteiger partial charge in [-0.3, -0.25) is 24.3 Å². The number of imide groups is 1. The molecular formula is C14H8ClN3O5. The molecule has 0 atom stereocenters. The minimum absolute atomic E-state index is 0.0385. The lowest BCUT2D eigenvalue weighted by Gasteiger charge is -2.15. The zero-order valence-electron chi connectivity index (χ0n) is 11.3. The minimum atomic E-state index is -1.32. The molecule has 9 heteroatoms. The Morgan fingerprint density at radius 1 is 1.22 bits per heavy atom. The number of amides is 2. The van der Waals surface area contributed by atoms with Crippen LogP contribution in [0.1, 0.15) is 31.1 Å². The van der Waals surface area contributed by atoms with Crippen molar-refractivity contribution in [2.45, 2.75) is 0 Å². The molecule has 0 unspecified atom stereocenters. The molecule has 0 aliphatic carbocycles. The lowest BCUT2D eigenvalue weighted by atomic mass is 10.1. The molecule has 0 spiro atoms. The van der Waals surface area contributed by atoms with Crippen molar-refractivity contribution < 1.29 is 19.5 Å². The Morgan fingerprint density at radius 3 is 2.57 bits per heavy atom.